The number of anilines is 4. The molecule has 0 saturated carbocycles. The van der Waals surface area contributed by atoms with Crippen molar-refractivity contribution in [2.75, 3.05) is 10.6 Å². The number of aromatic nitrogens is 2. The van der Waals surface area contributed by atoms with Crippen molar-refractivity contribution >= 4 is 56.9 Å². The minimum absolute atomic E-state index is 0.206. The van der Waals surface area contributed by atoms with Gasteiger partial charge in [-0.2, -0.15) is 4.98 Å². The highest BCUT2D eigenvalue weighted by Crippen LogP contribution is 2.28. The SMILES string of the molecule is NSc1ccc(Nc2ncc(Br)c(Nc3cccc(F)c3C(N)=O)n2)cc1. The van der Waals surface area contributed by atoms with Gasteiger partial charge in [-0.15, -0.1) is 0 Å². The molecule has 10 heteroatoms. The minimum atomic E-state index is -0.878. The number of rotatable bonds is 6. The number of nitrogens with one attached hydrogen (secondary N) is 2. The van der Waals surface area contributed by atoms with Crippen molar-refractivity contribution in [3.63, 3.8) is 0 Å². The molecule has 0 aliphatic carbocycles. The van der Waals surface area contributed by atoms with Crippen LogP contribution in [0.5, 0.6) is 0 Å². The third-order valence-electron chi connectivity index (χ3n) is 3.50. The Kier molecular flexibility index (Phi) is 5.89. The first-order valence-corrected chi connectivity index (χ1v) is 9.27. The van der Waals surface area contributed by atoms with Gasteiger partial charge < -0.3 is 16.4 Å². The summed E-state index contributed by atoms with van der Waals surface area (Å²) in [5.74, 6) is -0.938. The Morgan fingerprint density at radius 1 is 1.15 bits per heavy atom. The van der Waals surface area contributed by atoms with E-state index in [-0.39, 0.29) is 11.3 Å². The molecule has 0 saturated heterocycles. The third-order valence-corrected chi connectivity index (χ3v) is 4.63. The lowest BCUT2D eigenvalue weighted by Crippen LogP contribution is -2.16. The second-order valence-electron chi connectivity index (χ2n) is 5.31. The molecule has 0 radical (unpaired) electrons. The average molecular weight is 449 g/mol. The van der Waals surface area contributed by atoms with Gasteiger partial charge in [0.05, 0.1) is 15.7 Å². The zero-order valence-corrected chi connectivity index (χ0v) is 16.1. The Hall–Kier alpha value is -2.69. The van der Waals surface area contributed by atoms with Gasteiger partial charge in [0.15, 0.2) is 0 Å². The number of halogens is 2. The number of hydrogen-bond donors (Lipinski definition) is 4. The van der Waals surface area contributed by atoms with Crippen molar-refractivity contribution < 1.29 is 9.18 Å². The molecule has 6 N–H and O–H groups in total. The van der Waals surface area contributed by atoms with E-state index in [0.717, 1.165) is 28.6 Å². The van der Waals surface area contributed by atoms with Gasteiger partial charge in [0.25, 0.3) is 5.91 Å². The molecular formula is C17H14BrFN6OS. The summed E-state index contributed by atoms with van der Waals surface area (Å²) in [6.07, 6.45) is 1.53. The number of carbonyl (C=O) groups excluding carboxylic acids is 1. The second-order valence-corrected chi connectivity index (χ2v) is 6.87. The maximum absolute atomic E-state index is 13.9. The number of amides is 1. The molecule has 0 bridgehead atoms. The first kappa shape index (κ1) is 19.1. The van der Waals surface area contributed by atoms with Crippen molar-refractivity contribution in [3.05, 3.63) is 64.5 Å². The van der Waals surface area contributed by atoms with Crippen LogP contribution in [0.25, 0.3) is 0 Å². The van der Waals surface area contributed by atoms with Crippen LogP contribution < -0.4 is 21.5 Å². The lowest BCUT2D eigenvalue weighted by atomic mass is 10.1. The molecule has 27 heavy (non-hydrogen) atoms. The molecule has 0 spiro atoms. The highest BCUT2D eigenvalue weighted by atomic mass is 79.9. The lowest BCUT2D eigenvalue weighted by molar-refractivity contribution is 0.0997. The Morgan fingerprint density at radius 3 is 2.56 bits per heavy atom. The quantitative estimate of drug-likeness (QED) is 0.421. The summed E-state index contributed by atoms with van der Waals surface area (Å²) >= 11 is 4.48. The zero-order chi connectivity index (χ0) is 19.4. The van der Waals surface area contributed by atoms with Crippen molar-refractivity contribution in [1.82, 2.24) is 9.97 Å². The van der Waals surface area contributed by atoms with Crippen molar-refractivity contribution in [3.8, 4) is 0 Å². The summed E-state index contributed by atoms with van der Waals surface area (Å²) < 4.78 is 14.5. The minimum Gasteiger partial charge on any atom is -0.365 e. The van der Waals surface area contributed by atoms with E-state index in [4.69, 9.17) is 10.9 Å². The van der Waals surface area contributed by atoms with Crippen LogP contribution in [0.2, 0.25) is 0 Å². The van der Waals surface area contributed by atoms with Gasteiger partial charge >= 0.3 is 0 Å². The molecule has 2 aromatic carbocycles. The molecule has 0 aliphatic heterocycles. The molecule has 1 heterocycles. The van der Waals surface area contributed by atoms with E-state index in [0.29, 0.717) is 16.2 Å². The fourth-order valence-electron chi connectivity index (χ4n) is 2.27. The van der Waals surface area contributed by atoms with Crippen LogP contribution >= 0.6 is 27.9 Å². The van der Waals surface area contributed by atoms with E-state index in [1.54, 1.807) is 0 Å². The molecule has 0 unspecified atom stereocenters. The van der Waals surface area contributed by atoms with Crippen LogP contribution in [0, 0.1) is 5.82 Å². The Labute approximate surface area is 167 Å². The molecule has 1 aromatic heterocycles. The summed E-state index contributed by atoms with van der Waals surface area (Å²) in [4.78, 5) is 21.0. The smallest absolute Gasteiger partial charge is 0.253 e. The van der Waals surface area contributed by atoms with Crippen LogP contribution in [-0.2, 0) is 0 Å². The Morgan fingerprint density at radius 2 is 1.89 bits per heavy atom. The maximum atomic E-state index is 13.9. The van der Waals surface area contributed by atoms with Gasteiger partial charge in [-0.05, 0) is 64.3 Å². The summed E-state index contributed by atoms with van der Waals surface area (Å²) in [5.41, 5.74) is 6.01. The normalized spacial score (nSPS) is 10.5. The number of nitrogens with two attached hydrogens (primary N) is 2. The topological polar surface area (TPSA) is 119 Å². The Bertz CT molecular complexity index is 986. The van der Waals surface area contributed by atoms with E-state index in [1.165, 1.54) is 18.3 Å². The molecule has 0 fully saturated rings. The van der Waals surface area contributed by atoms with Crippen molar-refractivity contribution in [1.29, 1.82) is 0 Å². The van der Waals surface area contributed by atoms with Crippen LogP contribution in [0.1, 0.15) is 10.4 Å². The van der Waals surface area contributed by atoms with Crippen molar-refractivity contribution in [2.24, 2.45) is 10.9 Å². The monoisotopic (exact) mass is 448 g/mol. The van der Waals surface area contributed by atoms with E-state index < -0.39 is 11.7 Å². The molecule has 3 rings (SSSR count). The van der Waals surface area contributed by atoms with Gasteiger partial charge in [0.1, 0.15) is 11.6 Å². The highest BCUT2D eigenvalue weighted by molar-refractivity contribution is 9.10. The number of primary amides is 1. The number of hydrogen-bond acceptors (Lipinski definition) is 7. The molecule has 1 amide bonds. The van der Waals surface area contributed by atoms with E-state index in [2.05, 4.69) is 36.5 Å². The van der Waals surface area contributed by atoms with E-state index in [1.807, 2.05) is 24.3 Å². The van der Waals surface area contributed by atoms with E-state index >= 15 is 0 Å². The zero-order valence-electron chi connectivity index (χ0n) is 13.7. The predicted octanol–water partition coefficient (Wildman–Crippen LogP) is 3.93. The van der Waals surface area contributed by atoms with Crippen LogP contribution in [0.4, 0.5) is 27.5 Å². The van der Waals surface area contributed by atoms with E-state index in [9.17, 15) is 9.18 Å². The standard InChI is InChI=1S/C17H14BrFN6OS/c18-11-8-22-17(23-9-4-6-10(27-21)7-5-9)25-16(11)24-13-3-1-2-12(19)14(13)15(20)26/h1-8H,21H2,(H2,20,26)(H2,22,23,24,25). The first-order chi connectivity index (χ1) is 13.0. The van der Waals surface area contributed by atoms with Gasteiger partial charge in [0, 0.05) is 16.8 Å². The van der Waals surface area contributed by atoms with Gasteiger partial charge in [-0.25, -0.2) is 9.37 Å². The molecule has 138 valence electrons. The number of carbonyl (C=O) groups is 1. The molecule has 0 atom stereocenters. The fourth-order valence-corrected chi connectivity index (χ4v) is 2.85. The number of nitrogens with zero attached hydrogens (tertiary/aromatic N) is 2. The second kappa shape index (κ2) is 8.33. The Balaban J connectivity index is 1.88. The lowest BCUT2D eigenvalue weighted by Gasteiger charge is -2.13. The van der Waals surface area contributed by atoms with Crippen molar-refractivity contribution in [2.45, 2.75) is 4.90 Å². The largest absolute Gasteiger partial charge is 0.365 e. The van der Waals surface area contributed by atoms with Crippen LogP contribution in [-0.4, -0.2) is 15.9 Å². The molecule has 7 nitrogen and oxygen atoms in total. The predicted molar refractivity (Wildman–Crippen MR) is 108 cm³/mol. The first-order valence-electron chi connectivity index (χ1n) is 7.59. The third kappa shape index (κ3) is 4.54. The van der Waals surface area contributed by atoms with Gasteiger partial charge in [0.2, 0.25) is 5.95 Å². The average Bonchev–Trinajstić information content (AvgIpc) is 2.65. The highest BCUT2D eigenvalue weighted by Gasteiger charge is 2.16. The molecule has 3 aromatic rings. The summed E-state index contributed by atoms with van der Waals surface area (Å²) in [6.45, 7) is 0. The fraction of sp³-hybridized carbons (Fsp3) is 0. The summed E-state index contributed by atoms with van der Waals surface area (Å²) in [7, 11) is 0. The van der Waals surface area contributed by atoms with Gasteiger partial charge in [-0.3, -0.25) is 9.93 Å². The molecule has 0 aliphatic rings. The van der Waals surface area contributed by atoms with Gasteiger partial charge in [-0.1, -0.05) is 6.07 Å². The number of benzene rings is 2. The molecular weight excluding hydrogens is 435 g/mol. The summed E-state index contributed by atoms with van der Waals surface area (Å²) in [5, 5.41) is 11.5. The van der Waals surface area contributed by atoms with Crippen LogP contribution in [0.15, 0.2) is 58.0 Å². The summed E-state index contributed by atoms with van der Waals surface area (Å²) in [6, 6.07) is 11.6. The van der Waals surface area contributed by atoms with Crippen LogP contribution in [0.3, 0.4) is 0 Å². The maximum Gasteiger partial charge on any atom is 0.253 e.